The number of phenols is 1. The highest BCUT2D eigenvalue weighted by Gasteiger charge is 2.15. The van der Waals surface area contributed by atoms with Gasteiger partial charge in [0.2, 0.25) is 0 Å². The summed E-state index contributed by atoms with van der Waals surface area (Å²) in [6, 6.07) is 13.1. The van der Waals surface area contributed by atoms with Gasteiger partial charge >= 0.3 is 5.63 Å². The fourth-order valence-electron chi connectivity index (χ4n) is 3.35. The molecule has 4 aromatic rings. The van der Waals surface area contributed by atoms with Gasteiger partial charge in [0.15, 0.2) is 5.16 Å². The lowest BCUT2D eigenvalue weighted by molar-refractivity contribution is 0.466. The van der Waals surface area contributed by atoms with Crippen LogP contribution in [0.2, 0.25) is 0 Å². The smallest absolute Gasteiger partial charge is 0.336 e. The maximum Gasteiger partial charge on any atom is 0.336 e. The normalized spacial score (nSPS) is 11.3. The van der Waals surface area contributed by atoms with Gasteiger partial charge in [-0.3, -0.25) is 4.57 Å². The molecule has 0 aliphatic carbocycles. The quantitative estimate of drug-likeness (QED) is 0.386. The van der Waals surface area contributed by atoms with Crippen LogP contribution in [0.3, 0.4) is 0 Å². The van der Waals surface area contributed by atoms with E-state index in [4.69, 9.17) is 4.42 Å². The molecular weight excluding hydrogens is 386 g/mol. The van der Waals surface area contributed by atoms with Crippen LogP contribution in [0.1, 0.15) is 29.4 Å². The maximum atomic E-state index is 12.0. The molecule has 2 aromatic heterocycles. The summed E-state index contributed by atoms with van der Waals surface area (Å²) in [6.45, 7) is 5.94. The highest BCUT2D eigenvalue weighted by molar-refractivity contribution is 7.98. The number of aromatic nitrogens is 3. The Morgan fingerprint density at radius 2 is 1.93 bits per heavy atom. The van der Waals surface area contributed by atoms with Crippen LogP contribution in [0.5, 0.6) is 5.75 Å². The van der Waals surface area contributed by atoms with Crippen LogP contribution in [-0.2, 0) is 12.2 Å². The first-order valence-electron chi connectivity index (χ1n) is 9.36. The molecule has 2 heterocycles. The van der Waals surface area contributed by atoms with Crippen molar-refractivity contribution in [3.63, 3.8) is 0 Å². The number of fused-ring (bicyclic) bond motifs is 1. The Morgan fingerprint density at radius 3 is 2.69 bits per heavy atom. The summed E-state index contributed by atoms with van der Waals surface area (Å²) in [5, 5.41) is 20.2. The standard InChI is InChI=1S/C22H21N3O3S/c1-4-15-9-18-16(10-21(27)28-20(18)11-19(15)26)12-29-22-24-23-14(3)25(22)17-7-5-6-13(2)8-17/h5-11,26H,4,12H2,1-3H3. The third-order valence-electron chi connectivity index (χ3n) is 4.82. The second kappa shape index (κ2) is 7.75. The molecule has 6 nitrogen and oxygen atoms in total. The zero-order chi connectivity index (χ0) is 20.5. The number of hydrogen-bond acceptors (Lipinski definition) is 6. The summed E-state index contributed by atoms with van der Waals surface area (Å²) in [5.41, 5.74) is 3.77. The Balaban J connectivity index is 1.72. The van der Waals surface area contributed by atoms with E-state index >= 15 is 0 Å². The molecule has 148 valence electrons. The highest BCUT2D eigenvalue weighted by atomic mass is 32.2. The number of rotatable bonds is 5. The molecule has 0 amide bonds. The molecule has 0 saturated heterocycles. The maximum absolute atomic E-state index is 12.0. The van der Waals surface area contributed by atoms with Gasteiger partial charge in [-0.2, -0.15) is 0 Å². The van der Waals surface area contributed by atoms with Gasteiger partial charge in [-0.25, -0.2) is 4.79 Å². The Labute approximate surface area is 172 Å². The molecule has 0 radical (unpaired) electrons. The molecule has 0 bridgehead atoms. The van der Waals surface area contributed by atoms with Crippen molar-refractivity contribution in [3.8, 4) is 11.4 Å². The molecule has 1 N–H and O–H groups in total. The van der Waals surface area contributed by atoms with Crippen LogP contribution in [-0.4, -0.2) is 19.9 Å². The second-order valence-electron chi connectivity index (χ2n) is 6.91. The fourth-order valence-corrected chi connectivity index (χ4v) is 4.34. The lowest BCUT2D eigenvalue weighted by Gasteiger charge is -2.10. The summed E-state index contributed by atoms with van der Waals surface area (Å²) >= 11 is 1.51. The summed E-state index contributed by atoms with van der Waals surface area (Å²) in [6.07, 6.45) is 0.689. The molecule has 0 unspecified atom stereocenters. The van der Waals surface area contributed by atoms with E-state index in [0.717, 1.165) is 38.7 Å². The lowest BCUT2D eigenvalue weighted by atomic mass is 10.1. The van der Waals surface area contributed by atoms with Crippen molar-refractivity contribution in [2.24, 2.45) is 0 Å². The first-order valence-corrected chi connectivity index (χ1v) is 10.4. The molecule has 0 fully saturated rings. The predicted octanol–water partition coefficient (Wildman–Crippen LogP) is 4.55. The number of hydrogen-bond donors (Lipinski definition) is 1. The number of nitrogens with zero attached hydrogens (tertiary/aromatic N) is 3. The average Bonchev–Trinajstić information content (AvgIpc) is 3.06. The van der Waals surface area contributed by atoms with Crippen LogP contribution < -0.4 is 5.63 Å². The second-order valence-corrected chi connectivity index (χ2v) is 7.86. The van der Waals surface area contributed by atoms with Crippen molar-refractivity contribution in [1.29, 1.82) is 0 Å². The molecule has 0 atom stereocenters. The first-order chi connectivity index (χ1) is 14.0. The molecule has 4 rings (SSSR count). The SMILES string of the molecule is CCc1cc2c(CSc3nnc(C)n3-c3cccc(C)c3)cc(=O)oc2cc1O. The third kappa shape index (κ3) is 3.78. The van der Waals surface area contributed by atoms with Gasteiger partial charge in [-0.15, -0.1) is 10.2 Å². The van der Waals surface area contributed by atoms with E-state index in [1.165, 1.54) is 23.9 Å². The van der Waals surface area contributed by atoms with Crippen LogP contribution in [0.25, 0.3) is 16.7 Å². The number of thioether (sulfide) groups is 1. The number of aryl methyl sites for hydroxylation is 3. The minimum atomic E-state index is -0.437. The van der Waals surface area contributed by atoms with Crippen molar-refractivity contribution in [2.45, 2.75) is 38.1 Å². The topological polar surface area (TPSA) is 81.2 Å². The molecule has 0 spiro atoms. The Hall–Kier alpha value is -3.06. The zero-order valence-electron chi connectivity index (χ0n) is 16.5. The van der Waals surface area contributed by atoms with Crippen LogP contribution >= 0.6 is 11.8 Å². The molecule has 0 saturated carbocycles. The van der Waals surface area contributed by atoms with E-state index in [1.807, 2.05) is 49.6 Å². The Bertz CT molecular complexity index is 1260. The van der Waals surface area contributed by atoms with Crippen molar-refractivity contribution in [3.05, 3.63) is 75.4 Å². The minimum absolute atomic E-state index is 0.141. The van der Waals surface area contributed by atoms with Crippen LogP contribution in [0, 0.1) is 13.8 Å². The highest BCUT2D eigenvalue weighted by Crippen LogP contribution is 2.31. The molecular formula is C22H21N3O3S. The van der Waals surface area contributed by atoms with Crippen molar-refractivity contribution < 1.29 is 9.52 Å². The van der Waals surface area contributed by atoms with E-state index in [9.17, 15) is 9.90 Å². The average molecular weight is 407 g/mol. The number of aromatic hydroxyl groups is 1. The van der Waals surface area contributed by atoms with E-state index < -0.39 is 5.63 Å². The van der Waals surface area contributed by atoms with Gasteiger partial charge in [0.05, 0.1) is 0 Å². The van der Waals surface area contributed by atoms with E-state index in [1.54, 1.807) is 0 Å². The largest absolute Gasteiger partial charge is 0.508 e. The summed E-state index contributed by atoms with van der Waals surface area (Å²) in [5.74, 6) is 1.47. The van der Waals surface area contributed by atoms with Gasteiger partial charge in [0.25, 0.3) is 0 Å². The van der Waals surface area contributed by atoms with Crippen molar-refractivity contribution in [1.82, 2.24) is 14.8 Å². The summed E-state index contributed by atoms with van der Waals surface area (Å²) in [7, 11) is 0. The van der Waals surface area contributed by atoms with E-state index in [0.29, 0.717) is 17.8 Å². The summed E-state index contributed by atoms with van der Waals surface area (Å²) in [4.78, 5) is 12.0. The fraction of sp³-hybridized carbons (Fsp3) is 0.227. The first kappa shape index (κ1) is 19.3. The predicted molar refractivity (Wildman–Crippen MR) is 114 cm³/mol. The van der Waals surface area contributed by atoms with Gasteiger partial charge in [-0.05, 0) is 55.2 Å². The van der Waals surface area contributed by atoms with Gasteiger partial charge in [0, 0.05) is 29.0 Å². The third-order valence-corrected chi connectivity index (χ3v) is 5.80. The van der Waals surface area contributed by atoms with E-state index in [-0.39, 0.29) is 5.75 Å². The Morgan fingerprint density at radius 1 is 1.10 bits per heavy atom. The molecule has 7 heteroatoms. The number of benzene rings is 2. The van der Waals surface area contributed by atoms with Crippen molar-refractivity contribution in [2.75, 3.05) is 0 Å². The monoisotopic (exact) mass is 407 g/mol. The van der Waals surface area contributed by atoms with Gasteiger partial charge < -0.3 is 9.52 Å². The van der Waals surface area contributed by atoms with Gasteiger partial charge in [0.1, 0.15) is 17.2 Å². The van der Waals surface area contributed by atoms with E-state index in [2.05, 4.69) is 16.3 Å². The molecule has 0 aliphatic rings. The van der Waals surface area contributed by atoms with Crippen molar-refractivity contribution >= 4 is 22.7 Å². The van der Waals surface area contributed by atoms with Crippen LogP contribution in [0.4, 0.5) is 0 Å². The lowest BCUT2D eigenvalue weighted by Crippen LogP contribution is -2.02. The Kier molecular flexibility index (Phi) is 5.15. The zero-order valence-corrected chi connectivity index (χ0v) is 17.3. The molecule has 29 heavy (non-hydrogen) atoms. The van der Waals surface area contributed by atoms with Gasteiger partial charge in [-0.1, -0.05) is 30.8 Å². The van der Waals surface area contributed by atoms with Crippen LogP contribution in [0.15, 0.2) is 56.8 Å². The molecule has 2 aromatic carbocycles. The number of phenolic OH excluding ortho intramolecular Hbond substituents is 1. The minimum Gasteiger partial charge on any atom is -0.508 e. The molecule has 0 aliphatic heterocycles. The summed E-state index contributed by atoms with van der Waals surface area (Å²) < 4.78 is 7.30.